The molecule has 0 bridgehead atoms. The molecule has 5 heteroatoms. The summed E-state index contributed by atoms with van der Waals surface area (Å²) in [5.74, 6) is 0.110. The highest BCUT2D eigenvalue weighted by Gasteiger charge is 2.18. The number of amides is 1. The van der Waals surface area contributed by atoms with Crippen molar-refractivity contribution in [3.05, 3.63) is 88.7 Å². The van der Waals surface area contributed by atoms with E-state index in [-0.39, 0.29) is 11.7 Å². The Morgan fingerprint density at radius 1 is 1.14 bits per heavy atom. The summed E-state index contributed by atoms with van der Waals surface area (Å²) in [5.41, 5.74) is 5.35. The monoisotopic (exact) mass is 388 g/mol. The molecular formula is C24H21FN2O2. The SMILES string of the molecule is COc1cc(C(=O)N(C)Cc2cccc3c2CN=C3)ccc1-c1cccc(F)c1. The van der Waals surface area contributed by atoms with Gasteiger partial charge in [0.25, 0.3) is 5.91 Å². The molecule has 4 rings (SSSR count). The van der Waals surface area contributed by atoms with E-state index >= 15 is 0 Å². The molecule has 3 aromatic rings. The molecule has 0 aromatic heterocycles. The number of fused-ring (bicyclic) bond motifs is 1. The van der Waals surface area contributed by atoms with Crippen molar-refractivity contribution in [3.8, 4) is 16.9 Å². The van der Waals surface area contributed by atoms with E-state index in [0.717, 1.165) is 16.7 Å². The molecule has 1 amide bonds. The average molecular weight is 388 g/mol. The lowest BCUT2D eigenvalue weighted by molar-refractivity contribution is 0.0784. The van der Waals surface area contributed by atoms with Gasteiger partial charge in [0.15, 0.2) is 0 Å². The molecule has 1 heterocycles. The third kappa shape index (κ3) is 3.76. The Morgan fingerprint density at radius 3 is 2.76 bits per heavy atom. The molecule has 0 unspecified atom stereocenters. The van der Waals surface area contributed by atoms with Crippen molar-refractivity contribution < 1.29 is 13.9 Å². The van der Waals surface area contributed by atoms with Crippen molar-refractivity contribution in [2.75, 3.05) is 14.2 Å². The lowest BCUT2D eigenvalue weighted by Crippen LogP contribution is -2.26. The highest BCUT2D eigenvalue weighted by molar-refractivity contribution is 5.95. The van der Waals surface area contributed by atoms with Crippen LogP contribution in [0.25, 0.3) is 11.1 Å². The fourth-order valence-electron chi connectivity index (χ4n) is 3.62. The van der Waals surface area contributed by atoms with E-state index in [0.29, 0.717) is 30.0 Å². The zero-order chi connectivity index (χ0) is 20.4. The molecule has 0 N–H and O–H groups in total. The van der Waals surface area contributed by atoms with Crippen molar-refractivity contribution in [1.82, 2.24) is 4.90 Å². The molecule has 29 heavy (non-hydrogen) atoms. The molecule has 146 valence electrons. The number of hydrogen-bond acceptors (Lipinski definition) is 3. The number of ether oxygens (including phenoxy) is 1. The van der Waals surface area contributed by atoms with Crippen LogP contribution in [0.15, 0.2) is 65.7 Å². The van der Waals surface area contributed by atoms with Gasteiger partial charge in [0.05, 0.1) is 13.7 Å². The molecule has 0 atom stereocenters. The topological polar surface area (TPSA) is 41.9 Å². The van der Waals surface area contributed by atoms with Crippen LogP contribution in [0.5, 0.6) is 5.75 Å². The molecule has 0 fully saturated rings. The number of hydrogen-bond donors (Lipinski definition) is 0. The number of carbonyl (C=O) groups is 1. The van der Waals surface area contributed by atoms with Crippen molar-refractivity contribution in [2.24, 2.45) is 4.99 Å². The number of halogens is 1. The smallest absolute Gasteiger partial charge is 0.254 e. The summed E-state index contributed by atoms with van der Waals surface area (Å²) < 4.78 is 19.1. The van der Waals surface area contributed by atoms with Gasteiger partial charge >= 0.3 is 0 Å². The maximum Gasteiger partial charge on any atom is 0.254 e. The molecule has 4 nitrogen and oxygen atoms in total. The van der Waals surface area contributed by atoms with Crippen LogP contribution >= 0.6 is 0 Å². The van der Waals surface area contributed by atoms with Crippen molar-refractivity contribution in [3.63, 3.8) is 0 Å². The number of benzene rings is 3. The minimum absolute atomic E-state index is 0.106. The van der Waals surface area contributed by atoms with Gasteiger partial charge in [-0.3, -0.25) is 9.79 Å². The second-order valence-electron chi connectivity index (χ2n) is 7.04. The van der Waals surface area contributed by atoms with Gasteiger partial charge in [0.2, 0.25) is 0 Å². The van der Waals surface area contributed by atoms with E-state index in [1.54, 1.807) is 43.3 Å². The standard InChI is InChI=1S/C24H21FN2O2/c1-27(15-19-7-3-6-18-13-26-14-22(18)19)24(28)17-9-10-21(23(12-17)29-2)16-5-4-8-20(25)11-16/h3-13H,14-15H2,1-2H3. The maximum atomic E-state index is 13.6. The van der Waals surface area contributed by atoms with E-state index in [1.165, 1.54) is 17.7 Å². The van der Waals surface area contributed by atoms with Crippen molar-refractivity contribution >= 4 is 12.1 Å². The summed E-state index contributed by atoms with van der Waals surface area (Å²) in [6.45, 7) is 1.16. The van der Waals surface area contributed by atoms with Gasteiger partial charge in [-0.15, -0.1) is 0 Å². The highest BCUT2D eigenvalue weighted by atomic mass is 19.1. The van der Waals surface area contributed by atoms with E-state index in [9.17, 15) is 9.18 Å². The summed E-state index contributed by atoms with van der Waals surface area (Å²) >= 11 is 0. The Bertz CT molecular complexity index is 1110. The summed E-state index contributed by atoms with van der Waals surface area (Å²) in [7, 11) is 3.33. The first-order valence-corrected chi connectivity index (χ1v) is 9.37. The van der Waals surface area contributed by atoms with Crippen LogP contribution in [0, 0.1) is 5.82 Å². The molecule has 3 aromatic carbocycles. The Hall–Kier alpha value is -3.47. The number of carbonyl (C=O) groups excluding carboxylic acids is 1. The summed E-state index contributed by atoms with van der Waals surface area (Å²) in [6, 6.07) is 17.6. The van der Waals surface area contributed by atoms with Gasteiger partial charge < -0.3 is 9.64 Å². The van der Waals surface area contributed by atoms with Crippen LogP contribution in [0.1, 0.15) is 27.0 Å². The van der Waals surface area contributed by atoms with Gasteiger partial charge in [-0.2, -0.15) is 0 Å². The molecule has 1 aliphatic heterocycles. The number of methoxy groups -OCH3 is 1. The minimum Gasteiger partial charge on any atom is -0.496 e. The van der Waals surface area contributed by atoms with Gasteiger partial charge in [-0.1, -0.05) is 30.3 Å². The molecule has 0 aliphatic carbocycles. The van der Waals surface area contributed by atoms with E-state index in [2.05, 4.69) is 4.99 Å². The lowest BCUT2D eigenvalue weighted by Gasteiger charge is -2.20. The first-order chi connectivity index (χ1) is 14.1. The zero-order valence-electron chi connectivity index (χ0n) is 16.4. The molecule has 0 spiro atoms. The second kappa shape index (κ2) is 7.87. The molecule has 1 aliphatic rings. The van der Waals surface area contributed by atoms with Gasteiger partial charge in [-0.25, -0.2) is 4.39 Å². The van der Waals surface area contributed by atoms with Crippen LogP contribution in [0.3, 0.4) is 0 Å². The maximum absolute atomic E-state index is 13.6. The number of aliphatic imine (C=N–C) groups is 1. The fraction of sp³-hybridized carbons (Fsp3) is 0.167. The first-order valence-electron chi connectivity index (χ1n) is 9.37. The predicted octanol–water partition coefficient (Wildman–Crippen LogP) is 4.71. The van der Waals surface area contributed by atoms with Crippen LogP contribution < -0.4 is 4.74 Å². The highest BCUT2D eigenvalue weighted by Crippen LogP contribution is 2.31. The largest absolute Gasteiger partial charge is 0.496 e. The Balaban J connectivity index is 1.58. The predicted molar refractivity (Wildman–Crippen MR) is 112 cm³/mol. The zero-order valence-corrected chi connectivity index (χ0v) is 16.4. The number of nitrogens with zero attached hydrogens (tertiary/aromatic N) is 2. The second-order valence-corrected chi connectivity index (χ2v) is 7.04. The van der Waals surface area contributed by atoms with Crippen LogP contribution in [0.2, 0.25) is 0 Å². The van der Waals surface area contributed by atoms with Crippen molar-refractivity contribution in [2.45, 2.75) is 13.1 Å². The minimum atomic E-state index is -0.316. The molecular weight excluding hydrogens is 367 g/mol. The average Bonchev–Trinajstić information content (AvgIpc) is 3.22. The first kappa shape index (κ1) is 18.9. The molecule has 0 radical (unpaired) electrons. The van der Waals surface area contributed by atoms with Crippen LogP contribution in [-0.2, 0) is 13.1 Å². The lowest BCUT2D eigenvalue weighted by atomic mass is 10.0. The van der Waals surface area contributed by atoms with E-state index < -0.39 is 0 Å². The Kier molecular flexibility index (Phi) is 5.12. The quantitative estimate of drug-likeness (QED) is 0.635. The summed E-state index contributed by atoms with van der Waals surface area (Å²) in [6.07, 6.45) is 1.87. The normalized spacial score (nSPS) is 12.0. The van der Waals surface area contributed by atoms with Gasteiger partial charge in [0.1, 0.15) is 11.6 Å². The summed E-state index contributed by atoms with van der Waals surface area (Å²) in [4.78, 5) is 19.0. The third-order valence-corrected chi connectivity index (χ3v) is 5.13. The summed E-state index contributed by atoms with van der Waals surface area (Å²) in [5, 5.41) is 0. The van der Waals surface area contributed by atoms with Gasteiger partial charge in [0, 0.05) is 30.9 Å². The van der Waals surface area contributed by atoms with Gasteiger partial charge in [-0.05, 0) is 52.6 Å². The Morgan fingerprint density at radius 2 is 1.97 bits per heavy atom. The fourth-order valence-corrected chi connectivity index (χ4v) is 3.62. The Labute approximate surface area is 169 Å². The molecule has 0 saturated carbocycles. The van der Waals surface area contributed by atoms with Crippen LogP contribution in [-0.4, -0.2) is 31.2 Å². The van der Waals surface area contributed by atoms with Crippen LogP contribution in [0.4, 0.5) is 4.39 Å². The molecule has 0 saturated heterocycles. The van der Waals surface area contributed by atoms with E-state index in [4.69, 9.17) is 4.74 Å². The third-order valence-electron chi connectivity index (χ3n) is 5.13. The van der Waals surface area contributed by atoms with E-state index in [1.807, 2.05) is 30.5 Å². The number of rotatable bonds is 5. The van der Waals surface area contributed by atoms with Crippen molar-refractivity contribution in [1.29, 1.82) is 0 Å².